The SMILES string of the molecule is CC(=O)N(C)CCc1noc(C2CN(Cc3c(F)cccc3Cl)C2)n1. The molecule has 0 unspecified atom stereocenters. The number of likely N-dealkylation sites (N-methyl/N-ethyl adjacent to an activating group) is 1. The zero-order chi connectivity index (χ0) is 18.0. The van der Waals surface area contributed by atoms with Gasteiger partial charge in [-0.15, -0.1) is 0 Å². The van der Waals surface area contributed by atoms with Gasteiger partial charge in [-0.1, -0.05) is 22.8 Å². The van der Waals surface area contributed by atoms with E-state index in [2.05, 4.69) is 15.0 Å². The van der Waals surface area contributed by atoms with Crippen LogP contribution in [0.15, 0.2) is 22.7 Å². The van der Waals surface area contributed by atoms with E-state index < -0.39 is 0 Å². The minimum Gasteiger partial charge on any atom is -0.346 e. The maximum Gasteiger partial charge on any atom is 0.232 e. The van der Waals surface area contributed by atoms with Gasteiger partial charge in [-0.3, -0.25) is 9.69 Å². The molecule has 1 aromatic heterocycles. The Balaban J connectivity index is 1.51. The van der Waals surface area contributed by atoms with Crippen molar-refractivity contribution in [3.05, 3.63) is 46.3 Å². The number of benzene rings is 1. The quantitative estimate of drug-likeness (QED) is 0.786. The highest BCUT2D eigenvalue weighted by Gasteiger charge is 2.33. The minimum atomic E-state index is -0.286. The van der Waals surface area contributed by atoms with Gasteiger partial charge in [0.05, 0.1) is 5.92 Å². The van der Waals surface area contributed by atoms with Gasteiger partial charge in [-0.05, 0) is 12.1 Å². The van der Waals surface area contributed by atoms with Crippen molar-refractivity contribution >= 4 is 17.5 Å². The lowest BCUT2D eigenvalue weighted by molar-refractivity contribution is -0.127. The Kier molecular flexibility index (Phi) is 5.34. The van der Waals surface area contributed by atoms with Crippen LogP contribution in [0, 0.1) is 5.82 Å². The molecule has 1 saturated heterocycles. The summed E-state index contributed by atoms with van der Waals surface area (Å²) in [5.41, 5.74) is 0.515. The van der Waals surface area contributed by atoms with E-state index in [1.807, 2.05) is 0 Å². The number of nitrogens with zero attached hydrogens (tertiary/aromatic N) is 4. The number of hydrogen-bond acceptors (Lipinski definition) is 5. The molecule has 8 heteroatoms. The van der Waals surface area contributed by atoms with Crippen molar-refractivity contribution in [2.24, 2.45) is 0 Å². The van der Waals surface area contributed by atoms with Crippen molar-refractivity contribution in [2.75, 3.05) is 26.7 Å². The van der Waals surface area contributed by atoms with E-state index in [1.165, 1.54) is 13.0 Å². The summed E-state index contributed by atoms with van der Waals surface area (Å²) in [7, 11) is 1.74. The van der Waals surface area contributed by atoms with Crippen molar-refractivity contribution in [1.29, 1.82) is 0 Å². The van der Waals surface area contributed by atoms with Crippen LogP contribution in [0.4, 0.5) is 4.39 Å². The van der Waals surface area contributed by atoms with Crippen LogP contribution in [0.2, 0.25) is 5.02 Å². The fraction of sp³-hybridized carbons (Fsp3) is 0.471. The zero-order valence-electron chi connectivity index (χ0n) is 14.2. The molecule has 0 spiro atoms. The van der Waals surface area contributed by atoms with Crippen LogP contribution < -0.4 is 0 Å². The molecular weight excluding hydrogens is 347 g/mol. The van der Waals surface area contributed by atoms with E-state index >= 15 is 0 Å². The molecule has 0 radical (unpaired) electrons. The van der Waals surface area contributed by atoms with Crippen molar-refractivity contribution in [1.82, 2.24) is 19.9 Å². The molecule has 0 N–H and O–H groups in total. The van der Waals surface area contributed by atoms with Gasteiger partial charge in [-0.2, -0.15) is 4.98 Å². The summed E-state index contributed by atoms with van der Waals surface area (Å²) in [5.74, 6) is 1.06. The van der Waals surface area contributed by atoms with Crippen LogP contribution in [-0.2, 0) is 17.8 Å². The summed E-state index contributed by atoms with van der Waals surface area (Å²) in [5, 5.41) is 4.41. The first kappa shape index (κ1) is 17.8. The maximum absolute atomic E-state index is 13.8. The third-order valence-corrected chi connectivity index (χ3v) is 4.80. The molecular formula is C17H20ClFN4O2. The summed E-state index contributed by atoms with van der Waals surface area (Å²) in [4.78, 5) is 19.3. The molecule has 0 bridgehead atoms. The summed E-state index contributed by atoms with van der Waals surface area (Å²) in [6, 6.07) is 4.71. The predicted molar refractivity (Wildman–Crippen MR) is 90.7 cm³/mol. The monoisotopic (exact) mass is 366 g/mol. The molecule has 0 saturated carbocycles. The van der Waals surface area contributed by atoms with E-state index in [-0.39, 0.29) is 17.6 Å². The Morgan fingerprint density at radius 1 is 1.48 bits per heavy atom. The van der Waals surface area contributed by atoms with Crippen molar-refractivity contribution in [2.45, 2.75) is 25.8 Å². The van der Waals surface area contributed by atoms with Gasteiger partial charge in [-0.25, -0.2) is 4.39 Å². The van der Waals surface area contributed by atoms with Crippen LogP contribution in [0.25, 0.3) is 0 Å². The first-order valence-corrected chi connectivity index (χ1v) is 8.51. The summed E-state index contributed by atoms with van der Waals surface area (Å²) in [6.07, 6.45) is 0.556. The number of carbonyl (C=O) groups is 1. The van der Waals surface area contributed by atoms with Gasteiger partial charge in [0, 0.05) is 57.2 Å². The number of carbonyl (C=O) groups excluding carboxylic acids is 1. The van der Waals surface area contributed by atoms with Crippen molar-refractivity contribution in [3.63, 3.8) is 0 Å². The lowest BCUT2D eigenvalue weighted by Gasteiger charge is -2.37. The number of likely N-dealkylation sites (tertiary alicyclic amines) is 1. The highest BCUT2D eigenvalue weighted by molar-refractivity contribution is 6.31. The molecule has 6 nitrogen and oxygen atoms in total. The third kappa shape index (κ3) is 4.16. The van der Waals surface area contributed by atoms with Crippen molar-refractivity contribution in [3.8, 4) is 0 Å². The lowest BCUT2D eigenvalue weighted by Crippen LogP contribution is -2.44. The average Bonchev–Trinajstić information content (AvgIpc) is 2.98. The van der Waals surface area contributed by atoms with Crippen LogP contribution in [0.3, 0.4) is 0 Å². The standard InChI is InChI=1S/C17H20ClFN4O2/c1-11(24)22(2)7-6-16-20-17(25-21-16)12-8-23(9-12)10-13-14(18)4-3-5-15(13)19/h3-5,12H,6-10H2,1-2H3. The van der Waals surface area contributed by atoms with Gasteiger partial charge in [0.25, 0.3) is 0 Å². The fourth-order valence-corrected chi connectivity index (χ4v) is 2.94. The molecule has 0 aliphatic carbocycles. The van der Waals surface area contributed by atoms with E-state index in [4.69, 9.17) is 16.1 Å². The Labute approximate surface area is 150 Å². The molecule has 1 aromatic carbocycles. The number of aromatic nitrogens is 2. The van der Waals surface area contributed by atoms with Gasteiger partial charge in [0.15, 0.2) is 5.82 Å². The van der Waals surface area contributed by atoms with Crippen LogP contribution in [0.5, 0.6) is 0 Å². The summed E-state index contributed by atoms with van der Waals surface area (Å²) in [6.45, 7) is 3.98. The second-order valence-electron chi connectivity index (χ2n) is 6.33. The molecule has 2 heterocycles. The zero-order valence-corrected chi connectivity index (χ0v) is 15.0. The van der Waals surface area contributed by atoms with E-state index in [0.717, 1.165) is 13.1 Å². The summed E-state index contributed by atoms with van der Waals surface area (Å²) < 4.78 is 19.1. The third-order valence-electron chi connectivity index (χ3n) is 4.44. The second kappa shape index (κ2) is 7.49. The minimum absolute atomic E-state index is 0.00478. The highest BCUT2D eigenvalue weighted by atomic mass is 35.5. The molecule has 25 heavy (non-hydrogen) atoms. The van der Waals surface area contributed by atoms with Gasteiger partial charge < -0.3 is 9.42 Å². The molecule has 1 aliphatic rings. The van der Waals surface area contributed by atoms with Crippen molar-refractivity contribution < 1.29 is 13.7 Å². The van der Waals surface area contributed by atoms with E-state index in [9.17, 15) is 9.18 Å². The molecule has 1 aliphatic heterocycles. The van der Waals surface area contributed by atoms with Gasteiger partial charge >= 0.3 is 0 Å². The highest BCUT2D eigenvalue weighted by Crippen LogP contribution is 2.29. The number of halogens is 2. The van der Waals surface area contributed by atoms with Crippen LogP contribution in [0.1, 0.15) is 30.1 Å². The first-order valence-electron chi connectivity index (χ1n) is 8.13. The number of rotatable bonds is 6. The lowest BCUT2D eigenvalue weighted by atomic mass is 9.99. The molecule has 1 fully saturated rings. The average molecular weight is 367 g/mol. The molecule has 2 aromatic rings. The fourth-order valence-electron chi connectivity index (χ4n) is 2.72. The van der Waals surface area contributed by atoms with E-state index in [1.54, 1.807) is 24.1 Å². The smallest absolute Gasteiger partial charge is 0.232 e. The first-order chi connectivity index (χ1) is 11.9. The Bertz CT molecular complexity index is 741. The number of amides is 1. The topological polar surface area (TPSA) is 62.5 Å². The van der Waals surface area contributed by atoms with Gasteiger partial charge in [0.1, 0.15) is 5.82 Å². The van der Waals surface area contributed by atoms with Crippen LogP contribution >= 0.6 is 11.6 Å². The predicted octanol–water partition coefficient (Wildman–Crippen LogP) is 2.48. The molecule has 0 atom stereocenters. The maximum atomic E-state index is 13.8. The number of hydrogen-bond donors (Lipinski definition) is 0. The Morgan fingerprint density at radius 2 is 2.24 bits per heavy atom. The molecule has 134 valence electrons. The normalized spacial score (nSPS) is 15.2. The van der Waals surface area contributed by atoms with Gasteiger partial charge in [0.2, 0.25) is 11.8 Å². The van der Waals surface area contributed by atoms with E-state index in [0.29, 0.717) is 41.8 Å². The van der Waals surface area contributed by atoms with Crippen LogP contribution in [-0.4, -0.2) is 52.5 Å². The molecule has 3 rings (SSSR count). The molecule has 1 amide bonds. The summed E-state index contributed by atoms with van der Waals surface area (Å²) >= 11 is 6.06. The second-order valence-corrected chi connectivity index (χ2v) is 6.74. The largest absolute Gasteiger partial charge is 0.346 e. The Hall–Kier alpha value is -1.99. The Morgan fingerprint density at radius 3 is 2.92 bits per heavy atom.